The maximum Gasteiger partial charge on any atom is 0.212 e. The van der Waals surface area contributed by atoms with Crippen molar-refractivity contribution in [1.29, 1.82) is 10.5 Å². The average Bonchev–Trinajstić information content (AvgIpc) is 3.42. The summed E-state index contributed by atoms with van der Waals surface area (Å²) in [5, 5.41) is 27.3. The van der Waals surface area contributed by atoms with Crippen LogP contribution in [0.1, 0.15) is 45.8 Å². The Bertz CT molecular complexity index is 987. The standard InChI is InChI=1S/C15H16N4.C8H12N2O2/c1-18-13-5-7-14(8-6-13)19(10-9-16)15-4-2-3-12(15)11-17;1-8(2,3)6-4-7(9-5-11)10-12-6/h5-8,18H,2-4,10H2,1H3;4-5H,1-3H3,(H,9,10,11). The van der Waals surface area contributed by atoms with Crippen LogP contribution in [0.3, 0.4) is 0 Å². The van der Waals surface area contributed by atoms with Gasteiger partial charge in [-0.2, -0.15) is 10.5 Å². The van der Waals surface area contributed by atoms with Crippen molar-refractivity contribution >= 4 is 23.6 Å². The number of carbonyl (C=O) groups is 1. The molecule has 0 saturated carbocycles. The lowest BCUT2D eigenvalue weighted by Crippen LogP contribution is -2.22. The molecule has 8 heteroatoms. The summed E-state index contributed by atoms with van der Waals surface area (Å²) in [7, 11) is 1.87. The second-order valence-electron chi connectivity index (χ2n) is 8.02. The van der Waals surface area contributed by atoms with Gasteiger partial charge in [-0.25, -0.2) is 0 Å². The molecule has 162 valence electrons. The minimum Gasteiger partial charge on any atom is -0.388 e. The maximum atomic E-state index is 10.0. The van der Waals surface area contributed by atoms with Crippen LogP contribution >= 0.6 is 0 Å². The van der Waals surface area contributed by atoms with Crippen LogP contribution in [0.5, 0.6) is 0 Å². The lowest BCUT2D eigenvalue weighted by Gasteiger charge is -2.24. The molecule has 1 amide bonds. The van der Waals surface area contributed by atoms with E-state index in [1.807, 2.05) is 57.0 Å². The van der Waals surface area contributed by atoms with E-state index in [-0.39, 0.29) is 12.0 Å². The number of hydrogen-bond donors (Lipinski definition) is 2. The molecule has 0 bridgehead atoms. The molecule has 3 rings (SSSR count). The van der Waals surface area contributed by atoms with Gasteiger partial charge < -0.3 is 20.1 Å². The van der Waals surface area contributed by atoms with Gasteiger partial charge in [0.25, 0.3) is 0 Å². The number of allylic oxidation sites excluding steroid dienone is 2. The molecule has 31 heavy (non-hydrogen) atoms. The van der Waals surface area contributed by atoms with E-state index in [1.165, 1.54) is 0 Å². The Morgan fingerprint density at radius 3 is 2.45 bits per heavy atom. The fourth-order valence-electron chi connectivity index (χ4n) is 3.12. The summed E-state index contributed by atoms with van der Waals surface area (Å²) in [6, 6.07) is 14.1. The molecule has 1 aromatic heterocycles. The van der Waals surface area contributed by atoms with E-state index in [9.17, 15) is 4.79 Å². The number of nitrogens with one attached hydrogen (secondary N) is 2. The zero-order valence-corrected chi connectivity index (χ0v) is 18.4. The number of hydrogen-bond acceptors (Lipinski definition) is 7. The zero-order valence-electron chi connectivity index (χ0n) is 18.4. The van der Waals surface area contributed by atoms with Crippen molar-refractivity contribution in [3.63, 3.8) is 0 Å². The minimum atomic E-state index is -0.0736. The molecule has 8 nitrogen and oxygen atoms in total. The Labute approximate surface area is 183 Å². The van der Waals surface area contributed by atoms with E-state index in [0.29, 0.717) is 12.2 Å². The van der Waals surface area contributed by atoms with Gasteiger partial charge in [0.1, 0.15) is 12.3 Å². The lowest BCUT2D eigenvalue weighted by molar-refractivity contribution is -0.105. The van der Waals surface area contributed by atoms with E-state index in [2.05, 4.69) is 27.9 Å². The number of carbonyl (C=O) groups excluding carboxylic acids is 1. The van der Waals surface area contributed by atoms with Gasteiger partial charge in [0.15, 0.2) is 5.82 Å². The molecule has 0 fully saturated rings. The van der Waals surface area contributed by atoms with Crippen molar-refractivity contribution in [1.82, 2.24) is 5.16 Å². The summed E-state index contributed by atoms with van der Waals surface area (Å²) >= 11 is 0. The van der Waals surface area contributed by atoms with Crippen LogP contribution in [-0.2, 0) is 10.2 Å². The van der Waals surface area contributed by atoms with Gasteiger partial charge in [-0.05, 0) is 43.5 Å². The van der Waals surface area contributed by atoms with E-state index in [0.717, 1.165) is 47.7 Å². The van der Waals surface area contributed by atoms with Crippen LogP contribution < -0.4 is 15.5 Å². The van der Waals surface area contributed by atoms with E-state index in [1.54, 1.807) is 6.07 Å². The Morgan fingerprint density at radius 1 is 1.23 bits per heavy atom. The smallest absolute Gasteiger partial charge is 0.212 e. The molecule has 1 heterocycles. The first-order valence-corrected chi connectivity index (χ1v) is 10.1. The van der Waals surface area contributed by atoms with Crippen molar-refractivity contribution in [3.05, 3.63) is 47.4 Å². The number of rotatable bonds is 6. The van der Waals surface area contributed by atoms with Gasteiger partial charge in [0, 0.05) is 41.2 Å². The topological polar surface area (TPSA) is 118 Å². The van der Waals surface area contributed by atoms with E-state index >= 15 is 0 Å². The molecule has 0 aliphatic heterocycles. The Hall–Kier alpha value is -3.78. The molecule has 2 aromatic rings. The zero-order chi connectivity index (χ0) is 22.9. The summed E-state index contributed by atoms with van der Waals surface area (Å²) in [5.74, 6) is 1.21. The Balaban J connectivity index is 0.000000245. The molecule has 0 unspecified atom stereocenters. The van der Waals surface area contributed by atoms with Crippen LogP contribution in [0.15, 0.2) is 46.1 Å². The number of aromatic nitrogens is 1. The van der Waals surface area contributed by atoms with Crippen LogP contribution in [0.25, 0.3) is 0 Å². The second kappa shape index (κ2) is 10.8. The third-order valence-corrected chi connectivity index (χ3v) is 4.80. The van der Waals surface area contributed by atoms with Gasteiger partial charge in [0.2, 0.25) is 6.41 Å². The molecule has 2 N–H and O–H groups in total. The molecular weight excluding hydrogens is 392 g/mol. The minimum absolute atomic E-state index is 0.0736. The third kappa shape index (κ3) is 6.35. The quantitative estimate of drug-likeness (QED) is 0.519. The summed E-state index contributed by atoms with van der Waals surface area (Å²) in [4.78, 5) is 12.0. The van der Waals surface area contributed by atoms with Crippen molar-refractivity contribution < 1.29 is 9.32 Å². The highest BCUT2D eigenvalue weighted by molar-refractivity contribution is 5.68. The maximum absolute atomic E-state index is 10.0. The molecular formula is C23H28N6O2. The van der Waals surface area contributed by atoms with Crippen LogP contribution in [0.2, 0.25) is 0 Å². The first-order valence-electron chi connectivity index (χ1n) is 10.1. The summed E-state index contributed by atoms with van der Waals surface area (Å²) < 4.78 is 5.01. The highest BCUT2D eigenvalue weighted by Gasteiger charge is 2.21. The monoisotopic (exact) mass is 420 g/mol. The summed E-state index contributed by atoms with van der Waals surface area (Å²) in [5.41, 5.74) is 3.73. The Kier molecular flexibility index (Phi) is 8.22. The van der Waals surface area contributed by atoms with Gasteiger partial charge in [-0.1, -0.05) is 25.9 Å². The molecule has 0 saturated heterocycles. The number of nitriles is 2. The third-order valence-electron chi connectivity index (χ3n) is 4.80. The van der Waals surface area contributed by atoms with Crippen LogP contribution in [-0.4, -0.2) is 25.2 Å². The lowest BCUT2D eigenvalue weighted by atomic mass is 9.93. The SMILES string of the molecule is CC(C)(C)c1cc(NC=O)no1.CNc1ccc(N(CC#N)C2=C(C#N)CCC2)cc1. The Morgan fingerprint density at radius 2 is 1.94 bits per heavy atom. The predicted molar refractivity (Wildman–Crippen MR) is 120 cm³/mol. The van der Waals surface area contributed by atoms with Gasteiger partial charge in [0.05, 0.1) is 12.1 Å². The number of anilines is 3. The first-order chi connectivity index (χ1) is 14.8. The van der Waals surface area contributed by atoms with Crippen molar-refractivity contribution in [2.45, 2.75) is 45.4 Å². The molecule has 0 radical (unpaired) electrons. The van der Waals surface area contributed by atoms with Crippen LogP contribution in [0.4, 0.5) is 17.2 Å². The van der Waals surface area contributed by atoms with E-state index in [4.69, 9.17) is 15.0 Å². The molecule has 1 aromatic carbocycles. The van der Waals surface area contributed by atoms with Crippen molar-refractivity contribution in [2.75, 3.05) is 29.1 Å². The van der Waals surface area contributed by atoms with Gasteiger partial charge >= 0.3 is 0 Å². The van der Waals surface area contributed by atoms with Gasteiger partial charge in [-0.15, -0.1) is 0 Å². The highest BCUT2D eigenvalue weighted by atomic mass is 16.5. The number of benzene rings is 1. The first kappa shape index (κ1) is 23.5. The summed E-state index contributed by atoms with van der Waals surface area (Å²) in [6.07, 6.45) is 3.26. The fraction of sp³-hybridized carbons (Fsp3) is 0.391. The molecule has 1 aliphatic rings. The highest BCUT2D eigenvalue weighted by Crippen LogP contribution is 2.32. The van der Waals surface area contributed by atoms with Crippen LogP contribution in [0, 0.1) is 22.7 Å². The van der Waals surface area contributed by atoms with Crippen molar-refractivity contribution in [2.24, 2.45) is 0 Å². The fourth-order valence-corrected chi connectivity index (χ4v) is 3.12. The molecule has 0 atom stereocenters. The molecule has 0 spiro atoms. The van der Waals surface area contributed by atoms with Crippen molar-refractivity contribution in [3.8, 4) is 12.1 Å². The summed E-state index contributed by atoms with van der Waals surface area (Å²) in [6.45, 7) is 6.31. The largest absolute Gasteiger partial charge is 0.388 e. The normalized spacial score (nSPS) is 12.8. The number of nitrogens with zero attached hydrogens (tertiary/aromatic N) is 4. The molecule has 1 aliphatic carbocycles. The number of amides is 1. The second-order valence-corrected chi connectivity index (χ2v) is 8.02. The average molecular weight is 421 g/mol. The predicted octanol–water partition coefficient (Wildman–Crippen LogP) is 4.56. The van der Waals surface area contributed by atoms with E-state index < -0.39 is 0 Å². The van der Waals surface area contributed by atoms with Gasteiger partial charge in [-0.3, -0.25) is 4.79 Å².